The first-order chi connectivity index (χ1) is 13.5. The second-order valence-corrected chi connectivity index (χ2v) is 8.14. The molecule has 0 aliphatic carbocycles. The highest BCUT2D eigenvalue weighted by Gasteiger charge is 2.39. The number of nitrogens with zero attached hydrogens (tertiary/aromatic N) is 2. The minimum absolute atomic E-state index is 0.0246. The van der Waals surface area contributed by atoms with Crippen LogP contribution >= 0.6 is 15.9 Å². The fourth-order valence-electron chi connectivity index (χ4n) is 2.82. The van der Waals surface area contributed by atoms with Gasteiger partial charge in [-0.1, -0.05) is 52.8 Å². The van der Waals surface area contributed by atoms with Crippen LogP contribution in [0.15, 0.2) is 65.3 Å². The van der Waals surface area contributed by atoms with Gasteiger partial charge < -0.3 is 4.74 Å². The minimum atomic E-state index is -4.80. The van der Waals surface area contributed by atoms with Crippen LogP contribution in [0.2, 0.25) is 0 Å². The zero-order valence-corrected chi connectivity index (χ0v) is 17.3. The molecule has 0 unspecified atom stereocenters. The molecule has 0 fully saturated rings. The number of carbonyl (C=O) groups excluding carboxylic acids is 1. The molecule has 0 aliphatic rings. The van der Waals surface area contributed by atoms with E-state index in [-0.39, 0.29) is 6.54 Å². The molecule has 0 spiro atoms. The van der Waals surface area contributed by atoms with Crippen molar-refractivity contribution >= 4 is 32.8 Å². The van der Waals surface area contributed by atoms with E-state index >= 15 is 0 Å². The summed E-state index contributed by atoms with van der Waals surface area (Å²) in [4.78, 5) is 12.4. The summed E-state index contributed by atoms with van der Waals surface area (Å²) in [7, 11) is 0. The topological polar surface area (TPSA) is 44.1 Å². The zero-order valence-electron chi connectivity index (χ0n) is 15.8. The lowest BCUT2D eigenvalue weighted by atomic mass is 9.93. The van der Waals surface area contributed by atoms with Gasteiger partial charge in [0.1, 0.15) is 5.69 Å². The molecule has 3 rings (SSSR count). The molecule has 0 radical (unpaired) electrons. The van der Waals surface area contributed by atoms with Gasteiger partial charge in [0.25, 0.3) is 0 Å². The first kappa shape index (κ1) is 21.1. The van der Waals surface area contributed by atoms with Crippen LogP contribution in [-0.2, 0) is 16.1 Å². The third-order valence-electron chi connectivity index (χ3n) is 4.39. The van der Waals surface area contributed by atoms with Crippen molar-refractivity contribution in [2.24, 2.45) is 5.41 Å². The first-order valence-electron chi connectivity index (χ1n) is 8.69. The van der Waals surface area contributed by atoms with Gasteiger partial charge in [-0.05, 0) is 32.0 Å². The number of esters is 1. The Balaban J connectivity index is 1.98. The van der Waals surface area contributed by atoms with Gasteiger partial charge >= 0.3 is 12.1 Å². The molecule has 0 bridgehead atoms. The van der Waals surface area contributed by atoms with Crippen molar-refractivity contribution < 1.29 is 22.7 Å². The third-order valence-corrected chi connectivity index (χ3v) is 4.88. The lowest BCUT2D eigenvalue weighted by Crippen LogP contribution is -2.33. The molecule has 0 saturated carbocycles. The standard InChI is InChI=1S/C21H18BrF3N2O2/c1-13(21(23,24)25)29-19(28)20(2,3)12-27-17-11-15(22)9-10-16(17)18(26-27)14-7-5-4-6-8-14/h4-11H,1,12H2,2-3H3. The number of allylic oxidation sites excluding steroid dienone is 1. The van der Waals surface area contributed by atoms with Crippen molar-refractivity contribution in [3.05, 3.63) is 65.3 Å². The Bertz CT molecular complexity index is 1070. The maximum atomic E-state index is 12.7. The number of fused-ring (bicyclic) bond motifs is 1. The van der Waals surface area contributed by atoms with E-state index in [1.54, 1.807) is 4.68 Å². The number of carbonyl (C=O) groups is 1. The highest BCUT2D eigenvalue weighted by atomic mass is 79.9. The predicted octanol–water partition coefficient (Wildman–Crippen LogP) is 6.11. The summed E-state index contributed by atoms with van der Waals surface area (Å²) < 4.78 is 44.9. The van der Waals surface area contributed by atoms with Crippen molar-refractivity contribution in [3.8, 4) is 11.3 Å². The molecule has 3 aromatic rings. The van der Waals surface area contributed by atoms with Gasteiger partial charge in [-0.2, -0.15) is 18.3 Å². The number of hydrogen-bond donors (Lipinski definition) is 0. The number of ether oxygens (including phenoxy) is 1. The van der Waals surface area contributed by atoms with Gasteiger partial charge in [-0.25, -0.2) is 0 Å². The Labute approximate surface area is 174 Å². The highest BCUT2D eigenvalue weighted by molar-refractivity contribution is 9.10. The van der Waals surface area contributed by atoms with E-state index in [0.717, 1.165) is 26.6 Å². The average Bonchev–Trinajstić information content (AvgIpc) is 2.98. The van der Waals surface area contributed by atoms with Crippen LogP contribution in [-0.4, -0.2) is 21.9 Å². The van der Waals surface area contributed by atoms with E-state index in [0.29, 0.717) is 0 Å². The molecule has 0 saturated heterocycles. The summed E-state index contributed by atoms with van der Waals surface area (Å²) in [6.07, 6.45) is -4.80. The molecule has 0 N–H and O–H groups in total. The van der Waals surface area contributed by atoms with Crippen molar-refractivity contribution in [1.82, 2.24) is 9.78 Å². The van der Waals surface area contributed by atoms with Gasteiger partial charge in [0, 0.05) is 15.4 Å². The van der Waals surface area contributed by atoms with Crippen LogP contribution < -0.4 is 0 Å². The predicted molar refractivity (Wildman–Crippen MR) is 108 cm³/mol. The SMILES string of the molecule is C=C(OC(=O)C(C)(C)Cn1nc(-c2ccccc2)c2ccc(Br)cc21)C(F)(F)F. The Kier molecular flexibility index (Phi) is 5.58. The van der Waals surface area contributed by atoms with E-state index in [1.165, 1.54) is 13.8 Å². The van der Waals surface area contributed by atoms with Gasteiger partial charge in [0.05, 0.1) is 17.5 Å². The molecular weight excluding hydrogens is 449 g/mol. The summed E-state index contributed by atoms with van der Waals surface area (Å²) in [6, 6.07) is 15.2. The molecule has 8 heteroatoms. The van der Waals surface area contributed by atoms with E-state index in [4.69, 9.17) is 0 Å². The minimum Gasteiger partial charge on any atom is -0.422 e. The van der Waals surface area contributed by atoms with Crippen LogP contribution in [0.25, 0.3) is 22.2 Å². The largest absolute Gasteiger partial charge is 0.449 e. The van der Waals surface area contributed by atoms with Crippen LogP contribution in [0, 0.1) is 5.41 Å². The van der Waals surface area contributed by atoms with Crippen molar-refractivity contribution in [3.63, 3.8) is 0 Å². The molecule has 1 aromatic heterocycles. The second kappa shape index (κ2) is 7.67. The molecule has 1 heterocycles. The molecule has 0 amide bonds. The summed E-state index contributed by atoms with van der Waals surface area (Å²) in [5.74, 6) is -2.56. The van der Waals surface area contributed by atoms with Crippen LogP contribution in [0.4, 0.5) is 13.2 Å². The Morgan fingerprint density at radius 3 is 2.45 bits per heavy atom. The second-order valence-electron chi connectivity index (χ2n) is 7.23. The fraction of sp³-hybridized carbons (Fsp3) is 0.238. The molecule has 2 aromatic carbocycles. The van der Waals surface area contributed by atoms with E-state index in [2.05, 4.69) is 32.3 Å². The molecule has 0 aliphatic heterocycles. The highest BCUT2D eigenvalue weighted by Crippen LogP contribution is 2.33. The normalized spacial score (nSPS) is 12.2. The molecular formula is C21H18BrF3N2O2. The van der Waals surface area contributed by atoms with Gasteiger partial charge in [0.2, 0.25) is 5.76 Å². The Morgan fingerprint density at radius 1 is 1.17 bits per heavy atom. The monoisotopic (exact) mass is 466 g/mol. The molecule has 29 heavy (non-hydrogen) atoms. The number of benzene rings is 2. The van der Waals surface area contributed by atoms with Crippen molar-refractivity contribution in [2.45, 2.75) is 26.6 Å². The number of hydrogen-bond acceptors (Lipinski definition) is 3. The van der Waals surface area contributed by atoms with Crippen LogP contribution in [0.5, 0.6) is 0 Å². The first-order valence-corrected chi connectivity index (χ1v) is 9.48. The average molecular weight is 467 g/mol. The third kappa shape index (κ3) is 4.53. The number of alkyl halides is 3. The fourth-order valence-corrected chi connectivity index (χ4v) is 3.17. The number of halogens is 4. The van der Waals surface area contributed by atoms with Crippen molar-refractivity contribution in [2.75, 3.05) is 0 Å². The lowest BCUT2D eigenvalue weighted by molar-refractivity contribution is -0.168. The van der Waals surface area contributed by atoms with Crippen LogP contribution in [0.1, 0.15) is 13.8 Å². The Hall–Kier alpha value is -2.61. The Morgan fingerprint density at radius 2 is 1.83 bits per heavy atom. The maximum absolute atomic E-state index is 12.7. The van der Waals surface area contributed by atoms with Gasteiger partial charge in [-0.15, -0.1) is 0 Å². The number of aromatic nitrogens is 2. The van der Waals surface area contributed by atoms with Gasteiger partial charge in [0.15, 0.2) is 0 Å². The number of rotatable bonds is 5. The van der Waals surface area contributed by atoms with Gasteiger partial charge in [-0.3, -0.25) is 9.48 Å². The zero-order chi connectivity index (χ0) is 21.4. The molecule has 4 nitrogen and oxygen atoms in total. The lowest BCUT2D eigenvalue weighted by Gasteiger charge is -2.23. The molecule has 0 atom stereocenters. The molecule has 152 valence electrons. The summed E-state index contributed by atoms with van der Waals surface area (Å²) >= 11 is 3.43. The smallest absolute Gasteiger partial charge is 0.422 e. The quantitative estimate of drug-likeness (QED) is 0.336. The van der Waals surface area contributed by atoms with E-state index < -0.39 is 23.3 Å². The summed E-state index contributed by atoms with van der Waals surface area (Å²) in [5, 5.41) is 5.50. The summed E-state index contributed by atoms with van der Waals surface area (Å²) in [6.45, 7) is 5.83. The summed E-state index contributed by atoms with van der Waals surface area (Å²) in [5.41, 5.74) is 1.08. The van der Waals surface area contributed by atoms with E-state index in [1.807, 2.05) is 48.5 Å². The van der Waals surface area contributed by atoms with Crippen LogP contribution in [0.3, 0.4) is 0 Å². The maximum Gasteiger partial charge on any atom is 0.449 e. The van der Waals surface area contributed by atoms with E-state index in [9.17, 15) is 18.0 Å². The van der Waals surface area contributed by atoms with Crippen molar-refractivity contribution in [1.29, 1.82) is 0 Å².